The highest BCUT2D eigenvalue weighted by molar-refractivity contribution is 6.42. The van der Waals surface area contributed by atoms with Gasteiger partial charge in [0.25, 0.3) is 0 Å². The van der Waals surface area contributed by atoms with Gasteiger partial charge in [0, 0.05) is 58.2 Å². The van der Waals surface area contributed by atoms with E-state index < -0.39 is 0 Å². The summed E-state index contributed by atoms with van der Waals surface area (Å²) in [7, 11) is 3.90. The number of rotatable bonds is 4. The maximum absolute atomic E-state index is 14.2. The Balaban J connectivity index is 1.47. The van der Waals surface area contributed by atoms with Gasteiger partial charge in [0.05, 0.1) is 15.7 Å². The molecule has 0 spiro atoms. The first-order chi connectivity index (χ1) is 15.4. The zero-order valence-corrected chi connectivity index (χ0v) is 19.5. The van der Waals surface area contributed by atoms with E-state index in [9.17, 15) is 4.39 Å². The lowest BCUT2D eigenvalue weighted by molar-refractivity contribution is 0.315. The SMILES string of the molecule is CN(C)C1=NC(N2CCN(c3ccccc3F)CC2)=CNC(Nc2ccc(Cl)c(Cl)c2)=C1. The number of nitrogens with one attached hydrogen (secondary N) is 2. The lowest BCUT2D eigenvalue weighted by Gasteiger charge is -2.37. The van der Waals surface area contributed by atoms with Crippen molar-refractivity contribution in [2.45, 2.75) is 0 Å². The van der Waals surface area contributed by atoms with Crippen LogP contribution >= 0.6 is 23.2 Å². The maximum Gasteiger partial charge on any atom is 0.147 e. The summed E-state index contributed by atoms with van der Waals surface area (Å²) in [5.41, 5.74) is 1.46. The van der Waals surface area contributed by atoms with E-state index in [-0.39, 0.29) is 5.82 Å². The van der Waals surface area contributed by atoms with Gasteiger partial charge in [-0.2, -0.15) is 0 Å². The molecule has 2 heterocycles. The van der Waals surface area contributed by atoms with E-state index >= 15 is 0 Å². The molecule has 2 aromatic carbocycles. The molecule has 0 aromatic heterocycles. The van der Waals surface area contributed by atoms with Gasteiger partial charge in [0.1, 0.15) is 23.3 Å². The van der Waals surface area contributed by atoms with Gasteiger partial charge in [0.2, 0.25) is 0 Å². The minimum atomic E-state index is -0.188. The van der Waals surface area contributed by atoms with E-state index in [1.165, 1.54) is 6.07 Å². The first-order valence-electron chi connectivity index (χ1n) is 10.3. The zero-order chi connectivity index (χ0) is 22.7. The zero-order valence-electron chi connectivity index (χ0n) is 17.9. The molecular weight excluding hydrogens is 450 g/mol. The summed E-state index contributed by atoms with van der Waals surface area (Å²) in [5.74, 6) is 2.19. The largest absolute Gasteiger partial charge is 0.366 e. The van der Waals surface area contributed by atoms with Gasteiger partial charge in [-0.15, -0.1) is 0 Å². The molecule has 2 aliphatic rings. The Labute approximate surface area is 197 Å². The first-order valence-corrected chi connectivity index (χ1v) is 11.1. The fourth-order valence-electron chi connectivity index (χ4n) is 3.57. The molecule has 0 radical (unpaired) electrons. The van der Waals surface area contributed by atoms with Crippen molar-refractivity contribution < 1.29 is 4.39 Å². The molecule has 2 N–H and O–H groups in total. The van der Waals surface area contributed by atoms with E-state index in [1.807, 2.05) is 49.5 Å². The highest BCUT2D eigenvalue weighted by Gasteiger charge is 2.22. The number of hydrogen-bond donors (Lipinski definition) is 2. The predicted octanol–water partition coefficient (Wildman–Crippen LogP) is 4.57. The topological polar surface area (TPSA) is 46.1 Å². The van der Waals surface area contributed by atoms with Crippen LogP contribution in [0.1, 0.15) is 0 Å². The second-order valence-electron chi connectivity index (χ2n) is 7.75. The van der Waals surface area contributed by atoms with Crippen LogP contribution in [0.3, 0.4) is 0 Å². The van der Waals surface area contributed by atoms with Crippen LogP contribution in [-0.4, -0.2) is 55.9 Å². The van der Waals surface area contributed by atoms with Crippen molar-refractivity contribution >= 4 is 40.4 Å². The Morgan fingerprint density at radius 2 is 1.72 bits per heavy atom. The molecule has 1 fully saturated rings. The van der Waals surface area contributed by atoms with E-state index in [0.717, 1.165) is 36.3 Å². The van der Waals surface area contributed by atoms with E-state index in [1.54, 1.807) is 18.2 Å². The van der Waals surface area contributed by atoms with Crippen LogP contribution in [0.4, 0.5) is 15.8 Å². The molecule has 9 heteroatoms. The predicted molar refractivity (Wildman–Crippen MR) is 131 cm³/mol. The first kappa shape index (κ1) is 22.3. The minimum absolute atomic E-state index is 0.188. The van der Waals surface area contributed by atoms with Crippen molar-refractivity contribution in [2.75, 3.05) is 50.5 Å². The minimum Gasteiger partial charge on any atom is -0.366 e. The molecule has 0 unspecified atom stereocenters. The Morgan fingerprint density at radius 3 is 2.41 bits per heavy atom. The average Bonchev–Trinajstić information content (AvgIpc) is 3.00. The van der Waals surface area contributed by atoms with E-state index in [2.05, 4.69) is 20.4 Å². The van der Waals surface area contributed by atoms with Crippen molar-refractivity contribution in [2.24, 2.45) is 4.99 Å². The molecule has 2 aliphatic heterocycles. The van der Waals surface area contributed by atoms with Crippen LogP contribution in [0.5, 0.6) is 0 Å². The third-order valence-corrected chi connectivity index (χ3v) is 6.05. The number of nitrogens with zero attached hydrogens (tertiary/aromatic N) is 4. The van der Waals surface area contributed by atoms with Gasteiger partial charge >= 0.3 is 0 Å². The van der Waals surface area contributed by atoms with Gasteiger partial charge in [-0.3, -0.25) is 0 Å². The van der Waals surface area contributed by atoms with Crippen LogP contribution in [0.2, 0.25) is 10.0 Å². The Morgan fingerprint density at radius 1 is 1.00 bits per heavy atom. The lowest BCUT2D eigenvalue weighted by atomic mass is 10.2. The monoisotopic (exact) mass is 474 g/mol. The van der Waals surface area contributed by atoms with Crippen molar-refractivity contribution in [1.29, 1.82) is 0 Å². The molecule has 0 atom stereocenters. The molecule has 0 amide bonds. The van der Waals surface area contributed by atoms with Crippen molar-refractivity contribution in [3.05, 3.63) is 82.2 Å². The van der Waals surface area contributed by atoms with Gasteiger partial charge in [-0.25, -0.2) is 9.38 Å². The Kier molecular flexibility index (Phi) is 6.77. The molecule has 0 saturated carbocycles. The van der Waals surface area contributed by atoms with Crippen LogP contribution < -0.4 is 15.5 Å². The number of hydrogen-bond acceptors (Lipinski definition) is 6. The second kappa shape index (κ2) is 9.71. The molecule has 0 bridgehead atoms. The molecule has 32 heavy (non-hydrogen) atoms. The number of amidine groups is 1. The quantitative estimate of drug-likeness (QED) is 0.679. The van der Waals surface area contributed by atoms with Crippen LogP contribution in [0, 0.1) is 5.82 Å². The van der Waals surface area contributed by atoms with Crippen LogP contribution in [-0.2, 0) is 0 Å². The summed E-state index contributed by atoms with van der Waals surface area (Å²) >= 11 is 12.2. The summed E-state index contributed by atoms with van der Waals surface area (Å²) in [5, 5.41) is 7.61. The molecule has 6 nitrogen and oxygen atoms in total. The van der Waals surface area contributed by atoms with Gasteiger partial charge in [-0.1, -0.05) is 35.3 Å². The molecule has 0 aliphatic carbocycles. The molecule has 1 saturated heterocycles. The highest BCUT2D eigenvalue weighted by Crippen LogP contribution is 2.26. The number of benzene rings is 2. The molecule has 2 aromatic rings. The molecule has 4 rings (SSSR count). The Hall–Kier alpha value is -2.90. The third-order valence-electron chi connectivity index (χ3n) is 5.31. The average molecular weight is 475 g/mol. The normalized spacial score (nSPS) is 16.5. The van der Waals surface area contributed by atoms with Gasteiger partial charge in [0.15, 0.2) is 0 Å². The number of aliphatic imine (C=N–C) groups is 1. The number of likely N-dealkylation sites (N-methyl/N-ethyl adjacent to an activating group) is 1. The molecule has 168 valence electrons. The van der Waals surface area contributed by atoms with E-state index in [4.69, 9.17) is 28.2 Å². The van der Waals surface area contributed by atoms with Crippen molar-refractivity contribution in [3.63, 3.8) is 0 Å². The number of piperazine rings is 1. The van der Waals surface area contributed by atoms with Crippen molar-refractivity contribution in [1.82, 2.24) is 15.1 Å². The third kappa shape index (κ3) is 5.11. The van der Waals surface area contributed by atoms with Crippen LogP contribution in [0.15, 0.2) is 71.4 Å². The smallest absolute Gasteiger partial charge is 0.147 e. The molecular formula is C23H25Cl2FN6. The van der Waals surface area contributed by atoms with Crippen LogP contribution in [0.25, 0.3) is 0 Å². The number of anilines is 2. The summed E-state index contributed by atoms with van der Waals surface area (Å²) in [6, 6.07) is 12.3. The highest BCUT2D eigenvalue weighted by atomic mass is 35.5. The number of para-hydroxylation sites is 1. The van der Waals surface area contributed by atoms with Crippen molar-refractivity contribution in [3.8, 4) is 0 Å². The summed E-state index contributed by atoms with van der Waals surface area (Å²) in [4.78, 5) is 11.1. The fraction of sp³-hybridized carbons (Fsp3) is 0.261. The maximum atomic E-state index is 14.2. The summed E-state index contributed by atoms with van der Waals surface area (Å²) in [6.45, 7) is 2.91. The number of halogens is 3. The summed E-state index contributed by atoms with van der Waals surface area (Å²) < 4.78 is 14.2. The standard InChI is InChI=1S/C23H25Cl2FN6/c1-30(2)22-14-21(28-16-7-8-17(24)18(25)13-16)27-15-23(29-22)32-11-9-31(10-12-32)20-6-4-3-5-19(20)26/h3-8,13-15,27-28H,9-12H2,1-2H3. The lowest BCUT2D eigenvalue weighted by Crippen LogP contribution is -2.46. The van der Waals surface area contributed by atoms with Gasteiger partial charge in [-0.05, 0) is 30.3 Å². The fourth-order valence-corrected chi connectivity index (χ4v) is 3.87. The second-order valence-corrected chi connectivity index (χ2v) is 8.56. The summed E-state index contributed by atoms with van der Waals surface area (Å²) in [6.07, 6.45) is 3.81. The van der Waals surface area contributed by atoms with E-state index in [0.29, 0.717) is 28.8 Å². The van der Waals surface area contributed by atoms with Gasteiger partial charge < -0.3 is 25.3 Å². The Bertz CT molecular complexity index is 1070.